The van der Waals surface area contributed by atoms with Crippen molar-refractivity contribution in [3.63, 3.8) is 0 Å². The predicted octanol–water partition coefficient (Wildman–Crippen LogP) is 1.63. The lowest BCUT2D eigenvalue weighted by molar-refractivity contribution is -0.0111. The minimum atomic E-state index is -0.985. The summed E-state index contributed by atoms with van der Waals surface area (Å²) in [6.45, 7) is 3.96. The van der Waals surface area contributed by atoms with Gasteiger partial charge in [-0.25, -0.2) is 0 Å². The van der Waals surface area contributed by atoms with Crippen LogP contribution in [0.4, 0.5) is 0 Å². The van der Waals surface area contributed by atoms with Gasteiger partial charge < -0.3 is 19.6 Å². The zero-order chi connectivity index (χ0) is 11.6. The fraction of sp³-hybridized carbons (Fsp3) is 0.636. The van der Waals surface area contributed by atoms with Gasteiger partial charge in [0.15, 0.2) is 0 Å². The Bertz CT molecular complexity index is 345. The first-order valence-electron chi connectivity index (χ1n) is 5.36. The summed E-state index contributed by atoms with van der Waals surface area (Å²) < 4.78 is 11.5. The number of nitrogens with one attached hydrogen (secondary N) is 1. The van der Waals surface area contributed by atoms with E-state index in [0.717, 1.165) is 17.6 Å². The molecular formula is C11H16BrNO3. The molecule has 5 heteroatoms. The van der Waals surface area contributed by atoms with Gasteiger partial charge in [0, 0.05) is 19.0 Å². The van der Waals surface area contributed by atoms with E-state index in [1.165, 1.54) is 0 Å². The van der Waals surface area contributed by atoms with Crippen molar-refractivity contribution in [3.8, 4) is 0 Å². The van der Waals surface area contributed by atoms with E-state index in [2.05, 4.69) is 21.2 Å². The van der Waals surface area contributed by atoms with E-state index in [0.29, 0.717) is 18.8 Å². The molecule has 0 bridgehead atoms. The molecule has 1 aromatic rings. The van der Waals surface area contributed by atoms with E-state index in [1.54, 1.807) is 19.3 Å². The van der Waals surface area contributed by atoms with E-state index in [1.807, 2.05) is 0 Å². The molecule has 2 heterocycles. The molecule has 1 fully saturated rings. The first-order chi connectivity index (χ1) is 7.59. The predicted molar refractivity (Wildman–Crippen MR) is 63.2 cm³/mol. The monoisotopic (exact) mass is 289 g/mol. The number of ether oxygens (including phenoxy) is 1. The van der Waals surface area contributed by atoms with Crippen LogP contribution in [0.25, 0.3) is 0 Å². The van der Waals surface area contributed by atoms with Crippen molar-refractivity contribution in [1.82, 2.24) is 5.32 Å². The Kier molecular flexibility index (Phi) is 3.69. The Hall–Kier alpha value is -0.360. The van der Waals surface area contributed by atoms with Gasteiger partial charge in [0.05, 0.1) is 23.9 Å². The summed E-state index contributed by atoms with van der Waals surface area (Å²) >= 11 is 3.36. The van der Waals surface area contributed by atoms with Crippen molar-refractivity contribution in [3.05, 3.63) is 22.6 Å². The number of hydrogen-bond donors (Lipinski definition) is 2. The van der Waals surface area contributed by atoms with E-state index >= 15 is 0 Å². The molecule has 1 saturated heterocycles. The quantitative estimate of drug-likeness (QED) is 0.888. The zero-order valence-corrected chi connectivity index (χ0v) is 10.8. The number of morpholine rings is 1. The van der Waals surface area contributed by atoms with Crippen molar-refractivity contribution >= 4 is 15.9 Å². The molecule has 2 N–H and O–H groups in total. The summed E-state index contributed by atoms with van der Waals surface area (Å²) in [4.78, 5) is 0. The highest BCUT2D eigenvalue weighted by atomic mass is 79.9. The van der Waals surface area contributed by atoms with Gasteiger partial charge in [0.1, 0.15) is 11.4 Å². The molecule has 1 aromatic heterocycles. The molecule has 4 nitrogen and oxygen atoms in total. The van der Waals surface area contributed by atoms with Crippen LogP contribution in [-0.2, 0) is 10.3 Å². The zero-order valence-electron chi connectivity index (χ0n) is 9.20. The lowest BCUT2D eigenvalue weighted by atomic mass is 9.94. The topological polar surface area (TPSA) is 54.6 Å². The first kappa shape index (κ1) is 12.1. The summed E-state index contributed by atoms with van der Waals surface area (Å²) in [5.74, 6) is 0.569. The largest absolute Gasteiger partial charge is 0.465 e. The van der Waals surface area contributed by atoms with Crippen LogP contribution in [0.15, 0.2) is 21.2 Å². The number of rotatable bonds is 3. The SMILES string of the molecule is CC(O)(CC1COCCN1)c1occc1Br. The molecule has 0 aromatic carbocycles. The maximum absolute atomic E-state index is 10.4. The molecule has 0 aliphatic carbocycles. The lowest BCUT2D eigenvalue weighted by Gasteiger charge is -2.30. The Labute approximate surface area is 103 Å². The summed E-state index contributed by atoms with van der Waals surface area (Å²) in [6.07, 6.45) is 2.14. The van der Waals surface area contributed by atoms with Gasteiger partial charge in [0.2, 0.25) is 0 Å². The van der Waals surface area contributed by atoms with E-state index < -0.39 is 5.60 Å². The van der Waals surface area contributed by atoms with Crippen LogP contribution < -0.4 is 5.32 Å². The van der Waals surface area contributed by atoms with Crippen LogP contribution in [0.2, 0.25) is 0 Å². The smallest absolute Gasteiger partial charge is 0.149 e. The highest BCUT2D eigenvalue weighted by molar-refractivity contribution is 9.10. The molecule has 1 aliphatic heterocycles. The minimum absolute atomic E-state index is 0.167. The second-order valence-corrected chi connectivity index (χ2v) is 5.16. The fourth-order valence-electron chi connectivity index (χ4n) is 2.00. The van der Waals surface area contributed by atoms with Crippen LogP contribution in [-0.4, -0.2) is 30.9 Å². The minimum Gasteiger partial charge on any atom is -0.465 e. The average Bonchev–Trinajstić information content (AvgIpc) is 2.66. The van der Waals surface area contributed by atoms with Gasteiger partial charge in [-0.05, 0) is 28.9 Å². The molecule has 0 spiro atoms. The maximum Gasteiger partial charge on any atom is 0.149 e. The summed E-state index contributed by atoms with van der Waals surface area (Å²) in [5, 5.41) is 13.7. The van der Waals surface area contributed by atoms with Crippen LogP contribution in [0, 0.1) is 0 Å². The molecule has 16 heavy (non-hydrogen) atoms. The molecule has 0 saturated carbocycles. The van der Waals surface area contributed by atoms with Crippen LogP contribution in [0.1, 0.15) is 19.1 Å². The highest BCUT2D eigenvalue weighted by Crippen LogP contribution is 2.32. The van der Waals surface area contributed by atoms with E-state index in [-0.39, 0.29) is 6.04 Å². The third kappa shape index (κ3) is 2.66. The van der Waals surface area contributed by atoms with E-state index in [9.17, 15) is 5.11 Å². The average molecular weight is 290 g/mol. The van der Waals surface area contributed by atoms with Crippen molar-refractivity contribution in [2.45, 2.75) is 25.0 Å². The third-order valence-electron chi connectivity index (χ3n) is 2.75. The second kappa shape index (κ2) is 4.87. The highest BCUT2D eigenvalue weighted by Gasteiger charge is 2.32. The lowest BCUT2D eigenvalue weighted by Crippen LogP contribution is -2.45. The fourth-order valence-corrected chi connectivity index (χ4v) is 2.63. The normalized spacial score (nSPS) is 25.3. The molecule has 0 radical (unpaired) electrons. The molecule has 2 atom stereocenters. The number of furan rings is 1. The summed E-state index contributed by atoms with van der Waals surface area (Å²) in [6, 6.07) is 1.95. The molecule has 0 amide bonds. The number of halogens is 1. The number of hydrogen-bond acceptors (Lipinski definition) is 4. The Morgan fingerprint density at radius 3 is 3.06 bits per heavy atom. The molecule has 90 valence electrons. The molecule has 1 aliphatic rings. The van der Waals surface area contributed by atoms with Gasteiger partial charge in [-0.3, -0.25) is 0 Å². The third-order valence-corrected chi connectivity index (χ3v) is 3.37. The van der Waals surface area contributed by atoms with Gasteiger partial charge >= 0.3 is 0 Å². The first-order valence-corrected chi connectivity index (χ1v) is 6.16. The van der Waals surface area contributed by atoms with Crippen molar-refractivity contribution < 1.29 is 14.3 Å². The van der Waals surface area contributed by atoms with Crippen LogP contribution in [0.5, 0.6) is 0 Å². The number of aliphatic hydroxyl groups is 1. The van der Waals surface area contributed by atoms with Crippen molar-refractivity contribution in [1.29, 1.82) is 0 Å². The van der Waals surface area contributed by atoms with E-state index in [4.69, 9.17) is 9.15 Å². The standard InChI is InChI=1S/C11H16BrNO3/c1-11(14,10-9(12)2-4-16-10)6-8-7-15-5-3-13-8/h2,4,8,13-14H,3,5-7H2,1H3. The maximum atomic E-state index is 10.4. The van der Waals surface area contributed by atoms with Gasteiger partial charge in [-0.2, -0.15) is 0 Å². The Balaban J connectivity index is 2.04. The Morgan fingerprint density at radius 2 is 2.50 bits per heavy atom. The van der Waals surface area contributed by atoms with Crippen LogP contribution in [0.3, 0.4) is 0 Å². The molecule has 2 unspecified atom stereocenters. The van der Waals surface area contributed by atoms with Crippen LogP contribution >= 0.6 is 15.9 Å². The van der Waals surface area contributed by atoms with Gasteiger partial charge in [-0.15, -0.1) is 0 Å². The Morgan fingerprint density at radius 1 is 1.69 bits per heavy atom. The summed E-state index contributed by atoms with van der Waals surface area (Å²) in [5.41, 5.74) is -0.985. The molecular weight excluding hydrogens is 274 g/mol. The van der Waals surface area contributed by atoms with Crippen molar-refractivity contribution in [2.24, 2.45) is 0 Å². The molecule has 2 rings (SSSR count). The summed E-state index contributed by atoms with van der Waals surface area (Å²) in [7, 11) is 0. The van der Waals surface area contributed by atoms with Gasteiger partial charge in [0.25, 0.3) is 0 Å². The van der Waals surface area contributed by atoms with Crippen molar-refractivity contribution in [2.75, 3.05) is 19.8 Å². The van der Waals surface area contributed by atoms with Gasteiger partial charge in [-0.1, -0.05) is 0 Å². The second-order valence-electron chi connectivity index (χ2n) is 4.30.